The van der Waals surface area contributed by atoms with Crippen LogP contribution in [0, 0.1) is 18.2 Å². The number of aryl methyl sites for hydroxylation is 1. The zero-order valence-corrected chi connectivity index (χ0v) is 19.6. The number of aliphatic hydroxyl groups is 2. The summed E-state index contributed by atoms with van der Waals surface area (Å²) in [5.41, 5.74) is 2.62. The fraction of sp³-hybridized carbons (Fsp3) is 0.520. The lowest BCUT2D eigenvalue weighted by Crippen LogP contribution is -2.35. The maximum Gasteiger partial charge on any atom is 0.407 e. The molecule has 0 aromatic heterocycles. The van der Waals surface area contributed by atoms with E-state index in [4.69, 9.17) is 9.84 Å². The van der Waals surface area contributed by atoms with Crippen LogP contribution in [0.2, 0.25) is 0 Å². The number of benzene rings is 1. The minimum atomic E-state index is -1.16. The number of alkyl carbamates (subject to hydrolysis) is 1. The van der Waals surface area contributed by atoms with E-state index in [9.17, 15) is 24.2 Å². The lowest BCUT2D eigenvalue weighted by molar-refractivity contribution is -0.139. The molecule has 1 aromatic rings. The fourth-order valence-corrected chi connectivity index (χ4v) is 4.20. The molecule has 7 nitrogen and oxygen atoms in total. The first kappa shape index (κ1) is 26.5. The topological polar surface area (TPSA) is 116 Å². The van der Waals surface area contributed by atoms with Crippen LogP contribution < -0.4 is 5.32 Å². The van der Waals surface area contributed by atoms with E-state index in [2.05, 4.69) is 5.32 Å². The van der Waals surface area contributed by atoms with Gasteiger partial charge in [-0.15, -0.1) is 0 Å². The minimum absolute atomic E-state index is 0.107. The van der Waals surface area contributed by atoms with E-state index in [1.807, 2.05) is 13.8 Å². The molecule has 1 aliphatic rings. The van der Waals surface area contributed by atoms with Crippen LogP contribution in [0.25, 0.3) is 5.57 Å². The number of allylic oxidation sites excluding steroid dienone is 2. The molecule has 0 radical (unpaired) electrons. The van der Waals surface area contributed by atoms with E-state index >= 15 is 0 Å². The first-order valence-electron chi connectivity index (χ1n) is 11.1. The number of amides is 1. The first-order valence-corrected chi connectivity index (χ1v) is 11.1. The van der Waals surface area contributed by atoms with Gasteiger partial charge in [0, 0.05) is 19.4 Å². The molecule has 0 saturated carbocycles. The number of carboxylic acid groups (broad SMARTS) is 1. The van der Waals surface area contributed by atoms with E-state index in [1.165, 1.54) is 12.1 Å². The van der Waals surface area contributed by atoms with Gasteiger partial charge in [-0.1, -0.05) is 32.1 Å². The van der Waals surface area contributed by atoms with Crippen LogP contribution in [0.3, 0.4) is 0 Å². The number of halogens is 1. The van der Waals surface area contributed by atoms with Crippen LogP contribution >= 0.6 is 0 Å². The van der Waals surface area contributed by atoms with Crippen molar-refractivity contribution in [1.82, 2.24) is 5.32 Å². The van der Waals surface area contributed by atoms with E-state index in [0.717, 1.165) is 16.7 Å². The number of carbonyl (C=O) groups is 2. The standard InChI is InChI=1S/C25H34FNO6/c1-5-27-24(32)33-19-13-20(16-6-9-22(26)15(2)10-16)21(25(3,4)14-19)8-7-17(28)11-18(29)12-23(30)31/h6-10,17-19,28-29H,5,11-14H2,1-4H3,(H,27,32)(H,30,31)/b8-7+/t17-,18-,19-/m1/s1. The summed E-state index contributed by atoms with van der Waals surface area (Å²) >= 11 is 0. The van der Waals surface area contributed by atoms with Crippen LogP contribution in [0.5, 0.6) is 0 Å². The predicted molar refractivity (Wildman–Crippen MR) is 123 cm³/mol. The molecule has 8 heteroatoms. The molecule has 33 heavy (non-hydrogen) atoms. The Morgan fingerprint density at radius 3 is 2.64 bits per heavy atom. The summed E-state index contributed by atoms with van der Waals surface area (Å²) in [6, 6.07) is 4.83. The maximum absolute atomic E-state index is 13.9. The average Bonchev–Trinajstić information content (AvgIpc) is 2.67. The Morgan fingerprint density at radius 1 is 1.33 bits per heavy atom. The Labute approximate surface area is 194 Å². The van der Waals surface area contributed by atoms with E-state index in [1.54, 1.807) is 32.1 Å². The lowest BCUT2D eigenvalue weighted by atomic mass is 9.69. The van der Waals surface area contributed by atoms with Crippen molar-refractivity contribution in [3.63, 3.8) is 0 Å². The molecule has 4 N–H and O–H groups in total. The van der Waals surface area contributed by atoms with Crippen LogP contribution in [0.4, 0.5) is 9.18 Å². The van der Waals surface area contributed by atoms with Crippen LogP contribution in [0.1, 0.15) is 57.6 Å². The van der Waals surface area contributed by atoms with Gasteiger partial charge in [0.15, 0.2) is 0 Å². The van der Waals surface area contributed by atoms with Gasteiger partial charge in [0.25, 0.3) is 0 Å². The summed E-state index contributed by atoms with van der Waals surface area (Å²) in [4.78, 5) is 22.8. The highest BCUT2D eigenvalue weighted by Gasteiger charge is 2.36. The normalized spacial score (nSPS) is 19.9. The Balaban J connectivity index is 2.40. The highest BCUT2D eigenvalue weighted by molar-refractivity contribution is 5.75. The predicted octanol–water partition coefficient (Wildman–Crippen LogP) is 3.97. The largest absolute Gasteiger partial charge is 0.481 e. The highest BCUT2D eigenvalue weighted by Crippen LogP contribution is 2.46. The lowest BCUT2D eigenvalue weighted by Gasteiger charge is -2.38. The molecule has 0 heterocycles. The van der Waals surface area contributed by atoms with Gasteiger partial charge in [-0.25, -0.2) is 9.18 Å². The molecule has 0 spiro atoms. The second-order valence-electron chi connectivity index (χ2n) is 9.12. The first-order chi connectivity index (χ1) is 15.4. The quantitative estimate of drug-likeness (QED) is 0.440. The number of hydrogen-bond donors (Lipinski definition) is 4. The summed E-state index contributed by atoms with van der Waals surface area (Å²) in [7, 11) is 0. The average molecular weight is 464 g/mol. The molecule has 0 bridgehead atoms. The summed E-state index contributed by atoms with van der Waals surface area (Å²) in [5.74, 6) is -1.45. The zero-order valence-electron chi connectivity index (χ0n) is 19.6. The van der Waals surface area contributed by atoms with Crippen molar-refractivity contribution in [2.45, 2.75) is 71.7 Å². The van der Waals surface area contributed by atoms with Gasteiger partial charge in [0.05, 0.1) is 18.6 Å². The summed E-state index contributed by atoms with van der Waals surface area (Å²) < 4.78 is 19.5. The van der Waals surface area contributed by atoms with Crippen molar-refractivity contribution in [1.29, 1.82) is 0 Å². The molecule has 0 saturated heterocycles. The monoisotopic (exact) mass is 463 g/mol. The second-order valence-corrected chi connectivity index (χ2v) is 9.12. The van der Waals surface area contributed by atoms with E-state index in [-0.39, 0.29) is 18.3 Å². The number of ether oxygens (including phenoxy) is 1. The third-order valence-corrected chi connectivity index (χ3v) is 5.73. The molecular weight excluding hydrogens is 429 g/mol. The molecule has 0 fully saturated rings. The molecule has 2 rings (SSSR count). The second kappa shape index (κ2) is 11.4. The Bertz CT molecular complexity index is 923. The third kappa shape index (κ3) is 7.68. The van der Waals surface area contributed by atoms with Gasteiger partial charge in [0.2, 0.25) is 0 Å². The van der Waals surface area contributed by atoms with Gasteiger partial charge in [-0.05, 0) is 60.1 Å². The number of rotatable bonds is 9. The minimum Gasteiger partial charge on any atom is -0.481 e. The number of hydrogen-bond acceptors (Lipinski definition) is 5. The van der Waals surface area contributed by atoms with Crippen LogP contribution in [-0.2, 0) is 9.53 Å². The highest BCUT2D eigenvalue weighted by atomic mass is 19.1. The molecule has 1 aromatic carbocycles. The van der Waals surface area contributed by atoms with Gasteiger partial charge < -0.3 is 25.4 Å². The number of aliphatic hydroxyl groups excluding tert-OH is 2. The van der Waals surface area contributed by atoms with Crippen molar-refractivity contribution in [3.05, 3.63) is 52.9 Å². The molecular formula is C25H34FNO6. The maximum atomic E-state index is 13.9. The number of nitrogens with one attached hydrogen (secondary N) is 1. The molecule has 0 aliphatic heterocycles. The summed E-state index contributed by atoms with van der Waals surface area (Å²) in [6.07, 6.45) is 0.642. The number of carboxylic acids is 1. The Morgan fingerprint density at radius 2 is 2.03 bits per heavy atom. The Hall–Kier alpha value is -2.71. The molecule has 1 amide bonds. The summed E-state index contributed by atoms with van der Waals surface area (Å²) in [6.45, 7) is 7.94. The number of carbonyl (C=O) groups excluding carboxylic acids is 1. The van der Waals surface area contributed by atoms with Gasteiger partial charge >= 0.3 is 12.1 Å². The van der Waals surface area contributed by atoms with Crippen molar-refractivity contribution >= 4 is 17.6 Å². The smallest absolute Gasteiger partial charge is 0.407 e. The van der Waals surface area contributed by atoms with Gasteiger partial charge in [0.1, 0.15) is 11.9 Å². The molecule has 182 valence electrons. The Kier molecular flexibility index (Phi) is 9.19. The van der Waals surface area contributed by atoms with Crippen LogP contribution in [0.15, 0.2) is 35.9 Å². The van der Waals surface area contributed by atoms with E-state index in [0.29, 0.717) is 24.9 Å². The number of aliphatic carboxylic acids is 1. The third-order valence-electron chi connectivity index (χ3n) is 5.73. The SMILES string of the molecule is CCNC(=O)O[C@@H]1CC(c2ccc(F)c(C)c2)=C(/C=C/[C@@H](O)C[C@@H](O)CC(=O)O)C(C)(C)C1. The fourth-order valence-electron chi connectivity index (χ4n) is 4.20. The van der Waals surface area contributed by atoms with Crippen molar-refractivity contribution in [3.8, 4) is 0 Å². The van der Waals surface area contributed by atoms with Gasteiger partial charge in [-0.3, -0.25) is 4.79 Å². The molecule has 0 unspecified atom stereocenters. The molecule has 3 atom stereocenters. The van der Waals surface area contributed by atoms with Gasteiger partial charge in [-0.2, -0.15) is 0 Å². The van der Waals surface area contributed by atoms with E-state index < -0.39 is 36.1 Å². The zero-order chi connectivity index (χ0) is 24.8. The van der Waals surface area contributed by atoms with Crippen molar-refractivity contribution in [2.24, 2.45) is 5.41 Å². The van der Waals surface area contributed by atoms with Crippen LogP contribution in [-0.4, -0.2) is 52.2 Å². The molecule has 1 aliphatic carbocycles. The van der Waals surface area contributed by atoms with Crippen molar-refractivity contribution in [2.75, 3.05) is 6.54 Å². The summed E-state index contributed by atoms with van der Waals surface area (Å²) in [5, 5.41) is 31.5. The van der Waals surface area contributed by atoms with Crippen molar-refractivity contribution < 1.29 is 34.0 Å².